The van der Waals surface area contributed by atoms with E-state index in [4.69, 9.17) is 0 Å². The normalized spacial score (nSPS) is 12.9. The topological polar surface area (TPSA) is 53.6 Å². The summed E-state index contributed by atoms with van der Waals surface area (Å²) in [5.41, 5.74) is 0. The summed E-state index contributed by atoms with van der Waals surface area (Å²) in [5.74, 6) is 1.69. The maximum atomic E-state index is 4.25. The van der Waals surface area contributed by atoms with Gasteiger partial charge in [-0.25, -0.2) is 4.98 Å². The van der Waals surface area contributed by atoms with Crippen molar-refractivity contribution < 1.29 is 0 Å². The molecule has 0 aliphatic rings. The summed E-state index contributed by atoms with van der Waals surface area (Å²) in [4.78, 5) is 5.66. The van der Waals surface area contributed by atoms with E-state index in [9.17, 15) is 0 Å². The van der Waals surface area contributed by atoms with Crippen LogP contribution in [0.25, 0.3) is 0 Å². The molecule has 2 rings (SSSR count). The van der Waals surface area contributed by atoms with Crippen LogP contribution in [0.15, 0.2) is 17.5 Å². The Bertz CT molecular complexity index is 421. The Balaban J connectivity index is 1.77. The van der Waals surface area contributed by atoms with Gasteiger partial charge in [0.15, 0.2) is 5.82 Å². The summed E-state index contributed by atoms with van der Waals surface area (Å²) in [6, 6.07) is 4.70. The standard InChI is InChI=1S/C11H16N4S/c1-8(6-10-4-3-5-16-10)12-7-11-13-9(2)14-15-11/h3-5,8,12H,6-7H2,1-2H3,(H,13,14,15). The van der Waals surface area contributed by atoms with E-state index in [-0.39, 0.29) is 0 Å². The molecule has 1 atom stereocenters. The highest BCUT2D eigenvalue weighted by Crippen LogP contribution is 2.10. The van der Waals surface area contributed by atoms with E-state index < -0.39 is 0 Å². The fraction of sp³-hybridized carbons (Fsp3) is 0.455. The fourth-order valence-electron chi connectivity index (χ4n) is 1.54. The average Bonchev–Trinajstić information content (AvgIpc) is 2.87. The maximum Gasteiger partial charge on any atom is 0.164 e. The molecule has 0 saturated carbocycles. The van der Waals surface area contributed by atoms with Crippen molar-refractivity contribution in [2.45, 2.75) is 32.9 Å². The van der Waals surface area contributed by atoms with E-state index in [1.54, 1.807) is 11.3 Å². The van der Waals surface area contributed by atoms with Crippen LogP contribution in [0, 0.1) is 6.92 Å². The van der Waals surface area contributed by atoms with Crippen LogP contribution in [0.1, 0.15) is 23.4 Å². The number of aromatic amines is 1. The minimum atomic E-state index is 0.442. The summed E-state index contributed by atoms with van der Waals surface area (Å²) in [6.07, 6.45) is 1.06. The van der Waals surface area contributed by atoms with Gasteiger partial charge < -0.3 is 5.32 Å². The highest BCUT2D eigenvalue weighted by molar-refractivity contribution is 7.09. The molecule has 0 aromatic carbocycles. The van der Waals surface area contributed by atoms with Gasteiger partial charge in [-0.1, -0.05) is 6.07 Å². The molecule has 2 aromatic rings. The molecular formula is C11H16N4S. The third-order valence-electron chi connectivity index (χ3n) is 2.34. The number of nitrogens with one attached hydrogen (secondary N) is 2. The second-order valence-corrected chi connectivity index (χ2v) is 4.93. The molecule has 2 heterocycles. The maximum absolute atomic E-state index is 4.25. The zero-order chi connectivity index (χ0) is 11.4. The van der Waals surface area contributed by atoms with Gasteiger partial charge in [0, 0.05) is 10.9 Å². The van der Waals surface area contributed by atoms with Crippen LogP contribution in [-0.4, -0.2) is 21.2 Å². The van der Waals surface area contributed by atoms with Gasteiger partial charge in [-0.3, -0.25) is 5.10 Å². The lowest BCUT2D eigenvalue weighted by Gasteiger charge is -2.10. The molecule has 4 nitrogen and oxygen atoms in total. The van der Waals surface area contributed by atoms with Crippen molar-refractivity contribution in [1.82, 2.24) is 20.5 Å². The third-order valence-corrected chi connectivity index (χ3v) is 3.24. The van der Waals surface area contributed by atoms with E-state index >= 15 is 0 Å². The largest absolute Gasteiger partial charge is 0.307 e. The predicted molar refractivity (Wildman–Crippen MR) is 65.4 cm³/mol. The molecule has 0 spiro atoms. The Morgan fingerprint density at radius 3 is 3.06 bits per heavy atom. The van der Waals surface area contributed by atoms with Crippen LogP contribution in [-0.2, 0) is 13.0 Å². The summed E-state index contributed by atoms with van der Waals surface area (Å²) < 4.78 is 0. The van der Waals surface area contributed by atoms with Crippen LogP contribution < -0.4 is 5.32 Å². The first kappa shape index (κ1) is 11.3. The zero-order valence-corrected chi connectivity index (χ0v) is 10.3. The molecule has 2 N–H and O–H groups in total. The second kappa shape index (κ2) is 5.23. The van der Waals surface area contributed by atoms with E-state index in [1.165, 1.54) is 4.88 Å². The van der Waals surface area contributed by atoms with Gasteiger partial charge in [0.25, 0.3) is 0 Å². The average molecular weight is 236 g/mol. The smallest absolute Gasteiger partial charge is 0.164 e. The Morgan fingerprint density at radius 1 is 1.56 bits per heavy atom. The second-order valence-electron chi connectivity index (χ2n) is 3.90. The molecule has 0 aliphatic carbocycles. The highest BCUT2D eigenvalue weighted by Gasteiger charge is 2.05. The SMILES string of the molecule is Cc1nc(CNC(C)Cc2cccs2)n[nH]1. The number of H-pyrrole nitrogens is 1. The molecule has 86 valence electrons. The Labute approximate surface area is 99.1 Å². The van der Waals surface area contributed by atoms with Crippen LogP contribution >= 0.6 is 11.3 Å². The molecule has 0 bridgehead atoms. The Morgan fingerprint density at radius 2 is 2.44 bits per heavy atom. The number of hydrogen-bond acceptors (Lipinski definition) is 4. The van der Waals surface area contributed by atoms with Crippen LogP contribution in [0.4, 0.5) is 0 Å². The minimum absolute atomic E-state index is 0.442. The quantitative estimate of drug-likeness (QED) is 0.833. The van der Waals surface area contributed by atoms with E-state index in [2.05, 4.69) is 44.9 Å². The first-order valence-corrected chi connectivity index (χ1v) is 6.25. The van der Waals surface area contributed by atoms with Crippen LogP contribution in [0.2, 0.25) is 0 Å². The summed E-state index contributed by atoms with van der Waals surface area (Å²) >= 11 is 1.80. The van der Waals surface area contributed by atoms with Crippen molar-refractivity contribution in [3.05, 3.63) is 34.0 Å². The van der Waals surface area contributed by atoms with Gasteiger partial charge >= 0.3 is 0 Å². The first-order valence-electron chi connectivity index (χ1n) is 5.37. The monoisotopic (exact) mass is 236 g/mol. The number of aromatic nitrogens is 3. The van der Waals surface area contributed by atoms with Crippen molar-refractivity contribution in [3.63, 3.8) is 0 Å². The molecule has 0 radical (unpaired) electrons. The van der Waals surface area contributed by atoms with Crippen molar-refractivity contribution in [2.24, 2.45) is 0 Å². The van der Waals surface area contributed by atoms with E-state index in [0.29, 0.717) is 6.04 Å². The van der Waals surface area contributed by atoms with E-state index in [0.717, 1.165) is 24.6 Å². The number of aryl methyl sites for hydroxylation is 1. The van der Waals surface area contributed by atoms with Gasteiger partial charge in [-0.15, -0.1) is 11.3 Å². The van der Waals surface area contributed by atoms with Gasteiger partial charge in [-0.05, 0) is 31.7 Å². The predicted octanol–water partition coefficient (Wildman–Crippen LogP) is 1.90. The third kappa shape index (κ3) is 3.15. The first-order chi connectivity index (χ1) is 7.74. The van der Waals surface area contributed by atoms with Crippen molar-refractivity contribution in [3.8, 4) is 0 Å². The lowest BCUT2D eigenvalue weighted by Crippen LogP contribution is -2.27. The zero-order valence-electron chi connectivity index (χ0n) is 9.53. The fourth-order valence-corrected chi connectivity index (χ4v) is 2.37. The van der Waals surface area contributed by atoms with Crippen LogP contribution in [0.5, 0.6) is 0 Å². The number of hydrogen-bond donors (Lipinski definition) is 2. The molecule has 5 heteroatoms. The van der Waals surface area contributed by atoms with Gasteiger partial charge in [0.1, 0.15) is 5.82 Å². The number of rotatable bonds is 5. The van der Waals surface area contributed by atoms with Crippen molar-refractivity contribution >= 4 is 11.3 Å². The minimum Gasteiger partial charge on any atom is -0.307 e. The summed E-state index contributed by atoms with van der Waals surface area (Å²) in [5, 5.41) is 12.5. The van der Waals surface area contributed by atoms with Gasteiger partial charge in [0.2, 0.25) is 0 Å². The summed E-state index contributed by atoms with van der Waals surface area (Å²) in [7, 11) is 0. The Hall–Kier alpha value is -1.20. The van der Waals surface area contributed by atoms with Crippen LogP contribution in [0.3, 0.4) is 0 Å². The molecule has 0 saturated heterocycles. The van der Waals surface area contributed by atoms with Crippen molar-refractivity contribution in [2.75, 3.05) is 0 Å². The van der Waals surface area contributed by atoms with Crippen molar-refractivity contribution in [1.29, 1.82) is 0 Å². The van der Waals surface area contributed by atoms with Gasteiger partial charge in [-0.2, -0.15) is 5.10 Å². The van der Waals surface area contributed by atoms with Gasteiger partial charge in [0.05, 0.1) is 6.54 Å². The lowest BCUT2D eigenvalue weighted by molar-refractivity contribution is 0.537. The number of nitrogens with zero attached hydrogens (tertiary/aromatic N) is 2. The lowest BCUT2D eigenvalue weighted by atomic mass is 10.2. The van der Waals surface area contributed by atoms with E-state index in [1.807, 2.05) is 6.92 Å². The molecule has 0 fully saturated rings. The molecule has 16 heavy (non-hydrogen) atoms. The highest BCUT2D eigenvalue weighted by atomic mass is 32.1. The number of thiophene rings is 1. The molecular weight excluding hydrogens is 220 g/mol. The Kier molecular flexibility index (Phi) is 3.69. The molecule has 0 amide bonds. The molecule has 1 unspecified atom stereocenters. The summed E-state index contributed by atoms with van der Waals surface area (Å²) in [6.45, 7) is 4.81. The molecule has 0 aliphatic heterocycles. The molecule has 2 aromatic heterocycles.